The van der Waals surface area contributed by atoms with Gasteiger partial charge in [0.25, 0.3) is 0 Å². The van der Waals surface area contributed by atoms with E-state index in [2.05, 4.69) is 67.6 Å². The van der Waals surface area contributed by atoms with E-state index in [0.717, 1.165) is 17.5 Å². The summed E-state index contributed by atoms with van der Waals surface area (Å²) in [6.45, 7) is 2.29. The number of unbranched alkanes of at least 4 members (excludes halogenated alkanes) is 8. The zero-order chi connectivity index (χ0) is 19.9. The van der Waals surface area contributed by atoms with Gasteiger partial charge in [-0.05, 0) is 29.9 Å². The normalized spacial score (nSPS) is 11.6. The predicted molar refractivity (Wildman–Crippen MR) is 128 cm³/mol. The minimum absolute atomic E-state index is 1.13. The predicted octanol–water partition coefficient (Wildman–Crippen LogP) is 8.61. The molecular formula is C28H33N. The second kappa shape index (κ2) is 9.87. The fourth-order valence-corrected chi connectivity index (χ4v) is 4.59. The topological polar surface area (TPSA) is 12.9 Å². The molecule has 0 amide bonds. The van der Waals surface area contributed by atoms with Crippen molar-refractivity contribution in [2.24, 2.45) is 0 Å². The molecule has 0 fully saturated rings. The third kappa shape index (κ3) is 4.61. The fourth-order valence-electron chi connectivity index (χ4n) is 4.59. The summed E-state index contributed by atoms with van der Waals surface area (Å²) in [5, 5.41) is 5.21. The number of nitrogens with zero attached hydrogens (tertiary/aromatic N) is 1. The highest BCUT2D eigenvalue weighted by molar-refractivity contribution is 6.10. The van der Waals surface area contributed by atoms with Gasteiger partial charge in [-0.1, -0.05) is 113 Å². The van der Waals surface area contributed by atoms with E-state index in [1.807, 2.05) is 0 Å². The van der Waals surface area contributed by atoms with E-state index >= 15 is 0 Å². The molecule has 1 aromatic heterocycles. The Hall–Kier alpha value is -2.41. The first kappa shape index (κ1) is 19.9. The molecule has 0 aliphatic carbocycles. The van der Waals surface area contributed by atoms with Crippen LogP contribution < -0.4 is 0 Å². The van der Waals surface area contributed by atoms with Gasteiger partial charge in [-0.25, -0.2) is 4.98 Å². The SMILES string of the molecule is CCCCCCCCCCCc1c2ccccc2nc2c1ccc1ccccc12. The second-order valence-corrected chi connectivity index (χ2v) is 8.37. The quantitative estimate of drug-likeness (QED) is 0.152. The van der Waals surface area contributed by atoms with Crippen molar-refractivity contribution in [3.8, 4) is 0 Å². The second-order valence-electron chi connectivity index (χ2n) is 8.37. The minimum atomic E-state index is 1.13. The molecule has 150 valence electrons. The zero-order valence-corrected chi connectivity index (χ0v) is 17.8. The highest BCUT2D eigenvalue weighted by Crippen LogP contribution is 2.32. The Morgan fingerprint density at radius 2 is 1.24 bits per heavy atom. The molecule has 0 aliphatic rings. The molecule has 4 aromatic rings. The van der Waals surface area contributed by atoms with E-state index in [0.29, 0.717) is 0 Å². The molecule has 29 heavy (non-hydrogen) atoms. The number of aryl methyl sites for hydroxylation is 1. The van der Waals surface area contributed by atoms with Crippen LogP contribution in [0.1, 0.15) is 70.3 Å². The molecule has 1 nitrogen and oxygen atoms in total. The minimum Gasteiger partial charge on any atom is -0.247 e. The first-order chi connectivity index (χ1) is 14.4. The summed E-state index contributed by atoms with van der Waals surface area (Å²) in [6, 6.07) is 21.8. The van der Waals surface area contributed by atoms with Gasteiger partial charge in [0.05, 0.1) is 11.0 Å². The standard InChI is InChI=1S/C28H33N/c1-2-3-4-5-6-7-8-9-10-17-24-25-18-13-14-19-27(25)29-28-23-16-12-11-15-22(23)20-21-26(24)28/h11-16,18-21H,2-10,17H2,1H3. The Bertz CT molecular complexity index is 1080. The van der Waals surface area contributed by atoms with Crippen LogP contribution in [0, 0.1) is 0 Å². The summed E-state index contributed by atoms with van der Waals surface area (Å²) in [6.07, 6.45) is 13.5. The Labute approximate surface area is 175 Å². The molecule has 0 atom stereocenters. The lowest BCUT2D eigenvalue weighted by Gasteiger charge is -2.13. The van der Waals surface area contributed by atoms with Gasteiger partial charge >= 0.3 is 0 Å². The van der Waals surface area contributed by atoms with Crippen LogP contribution in [-0.4, -0.2) is 4.98 Å². The number of hydrogen-bond donors (Lipinski definition) is 0. The summed E-state index contributed by atoms with van der Waals surface area (Å²) in [7, 11) is 0. The molecule has 4 rings (SSSR count). The Kier molecular flexibility index (Phi) is 6.77. The van der Waals surface area contributed by atoms with Crippen molar-refractivity contribution in [3.05, 3.63) is 66.2 Å². The highest BCUT2D eigenvalue weighted by atomic mass is 14.7. The third-order valence-electron chi connectivity index (χ3n) is 6.22. The average molecular weight is 384 g/mol. The van der Waals surface area contributed by atoms with Crippen molar-refractivity contribution in [1.82, 2.24) is 4.98 Å². The van der Waals surface area contributed by atoms with Crippen LogP contribution in [0.4, 0.5) is 0 Å². The summed E-state index contributed by atoms with van der Waals surface area (Å²) >= 11 is 0. The molecule has 0 saturated carbocycles. The Morgan fingerprint density at radius 3 is 2.03 bits per heavy atom. The highest BCUT2D eigenvalue weighted by Gasteiger charge is 2.11. The molecule has 0 radical (unpaired) electrons. The summed E-state index contributed by atoms with van der Waals surface area (Å²) in [4.78, 5) is 5.06. The monoisotopic (exact) mass is 383 g/mol. The van der Waals surface area contributed by atoms with Gasteiger partial charge in [0.1, 0.15) is 0 Å². The molecule has 0 N–H and O–H groups in total. The third-order valence-corrected chi connectivity index (χ3v) is 6.22. The van der Waals surface area contributed by atoms with Gasteiger partial charge < -0.3 is 0 Å². The molecule has 1 heteroatoms. The van der Waals surface area contributed by atoms with Crippen molar-refractivity contribution in [2.75, 3.05) is 0 Å². The van der Waals surface area contributed by atoms with Crippen LogP contribution in [0.25, 0.3) is 32.6 Å². The van der Waals surface area contributed by atoms with Crippen molar-refractivity contribution >= 4 is 32.6 Å². The van der Waals surface area contributed by atoms with Crippen molar-refractivity contribution in [1.29, 1.82) is 0 Å². The molecular weight excluding hydrogens is 350 g/mol. The van der Waals surface area contributed by atoms with Crippen LogP contribution in [0.3, 0.4) is 0 Å². The number of para-hydroxylation sites is 1. The molecule has 0 bridgehead atoms. The van der Waals surface area contributed by atoms with E-state index in [1.165, 1.54) is 84.9 Å². The lowest BCUT2D eigenvalue weighted by atomic mass is 9.95. The van der Waals surface area contributed by atoms with E-state index in [-0.39, 0.29) is 0 Å². The van der Waals surface area contributed by atoms with E-state index in [4.69, 9.17) is 4.98 Å². The molecule has 0 unspecified atom stereocenters. The lowest BCUT2D eigenvalue weighted by Crippen LogP contribution is -1.94. The van der Waals surface area contributed by atoms with Gasteiger partial charge in [0, 0.05) is 16.2 Å². The smallest absolute Gasteiger partial charge is 0.0790 e. The Morgan fingerprint density at radius 1 is 0.586 bits per heavy atom. The maximum atomic E-state index is 5.06. The van der Waals surface area contributed by atoms with E-state index in [9.17, 15) is 0 Å². The van der Waals surface area contributed by atoms with Crippen LogP contribution in [-0.2, 0) is 6.42 Å². The van der Waals surface area contributed by atoms with Gasteiger partial charge in [0.2, 0.25) is 0 Å². The molecule has 0 saturated heterocycles. The van der Waals surface area contributed by atoms with Gasteiger partial charge in [0.15, 0.2) is 0 Å². The zero-order valence-electron chi connectivity index (χ0n) is 17.8. The first-order valence-electron chi connectivity index (χ1n) is 11.6. The number of benzene rings is 3. The summed E-state index contributed by atoms with van der Waals surface area (Å²) in [5.41, 5.74) is 3.77. The number of fused-ring (bicyclic) bond motifs is 4. The molecule has 0 spiro atoms. The fraction of sp³-hybridized carbons (Fsp3) is 0.393. The van der Waals surface area contributed by atoms with Gasteiger partial charge in [-0.3, -0.25) is 0 Å². The van der Waals surface area contributed by atoms with Crippen molar-refractivity contribution in [2.45, 2.75) is 71.1 Å². The van der Waals surface area contributed by atoms with Crippen LogP contribution >= 0.6 is 0 Å². The maximum Gasteiger partial charge on any atom is 0.0790 e. The number of rotatable bonds is 10. The molecule has 0 aliphatic heterocycles. The summed E-state index contributed by atoms with van der Waals surface area (Å²) < 4.78 is 0. The maximum absolute atomic E-state index is 5.06. The number of hydrogen-bond acceptors (Lipinski definition) is 1. The summed E-state index contributed by atoms with van der Waals surface area (Å²) in [5.74, 6) is 0. The number of pyridine rings is 1. The van der Waals surface area contributed by atoms with Crippen LogP contribution in [0.15, 0.2) is 60.7 Å². The molecule has 1 heterocycles. The van der Waals surface area contributed by atoms with Gasteiger partial charge in [-0.2, -0.15) is 0 Å². The average Bonchev–Trinajstić information content (AvgIpc) is 2.77. The van der Waals surface area contributed by atoms with E-state index in [1.54, 1.807) is 0 Å². The van der Waals surface area contributed by atoms with Crippen molar-refractivity contribution in [3.63, 3.8) is 0 Å². The van der Waals surface area contributed by atoms with Gasteiger partial charge in [-0.15, -0.1) is 0 Å². The largest absolute Gasteiger partial charge is 0.247 e. The Balaban J connectivity index is 1.52. The van der Waals surface area contributed by atoms with E-state index < -0.39 is 0 Å². The van der Waals surface area contributed by atoms with Crippen LogP contribution in [0.2, 0.25) is 0 Å². The molecule has 3 aromatic carbocycles. The number of aromatic nitrogens is 1. The first-order valence-corrected chi connectivity index (χ1v) is 11.6. The van der Waals surface area contributed by atoms with Crippen LogP contribution in [0.5, 0.6) is 0 Å². The van der Waals surface area contributed by atoms with Crippen molar-refractivity contribution < 1.29 is 0 Å². The lowest BCUT2D eigenvalue weighted by molar-refractivity contribution is 0.565.